The summed E-state index contributed by atoms with van der Waals surface area (Å²) in [5.41, 5.74) is 0.345. The van der Waals surface area contributed by atoms with Gasteiger partial charge in [-0.15, -0.1) is 0 Å². The quantitative estimate of drug-likeness (QED) is 0.679. The van der Waals surface area contributed by atoms with E-state index in [0.717, 1.165) is 11.5 Å². The molecule has 0 amide bonds. The molecule has 1 heterocycles. The highest BCUT2D eigenvalue weighted by molar-refractivity contribution is 7.13. The van der Waals surface area contributed by atoms with Crippen LogP contribution in [0.5, 0.6) is 0 Å². The molecule has 0 aliphatic rings. The summed E-state index contributed by atoms with van der Waals surface area (Å²) >= 11 is 1.02. The Bertz CT molecular complexity index is 495. The molecule has 0 N–H and O–H groups in total. The Morgan fingerprint density at radius 1 is 1.57 bits per heavy atom. The molecule has 0 aliphatic carbocycles. The van der Waals surface area contributed by atoms with Gasteiger partial charge in [0.05, 0.1) is 17.4 Å². The summed E-state index contributed by atoms with van der Waals surface area (Å²) in [6, 6.07) is 2.64. The number of esters is 1. The maximum atomic E-state index is 13.2. The van der Waals surface area contributed by atoms with Gasteiger partial charge in [-0.3, -0.25) is 0 Å². The van der Waals surface area contributed by atoms with Gasteiger partial charge in [0.15, 0.2) is 0 Å². The molecule has 72 valence electrons. The lowest BCUT2D eigenvalue weighted by molar-refractivity contribution is 0.0603. The summed E-state index contributed by atoms with van der Waals surface area (Å²) in [6.07, 6.45) is 1.47. The molecule has 0 saturated heterocycles. The molecule has 5 heteroatoms. The first-order valence-corrected chi connectivity index (χ1v) is 4.62. The third kappa shape index (κ3) is 1.26. The van der Waals surface area contributed by atoms with Crippen LogP contribution in [0.3, 0.4) is 0 Å². The number of rotatable bonds is 1. The van der Waals surface area contributed by atoms with Crippen molar-refractivity contribution in [3.63, 3.8) is 0 Å². The van der Waals surface area contributed by atoms with Crippen LogP contribution in [0.15, 0.2) is 18.3 Å². The van der Waals surface area contributed by atoms with E-state index in [1.165, 1.54) is 25.4 Å². The van der Waals surface area contributed by atoms with E-state index < -0.39 is 5.97 Å². The number of halogens is 1. The average molecular weight is 211 g/mol. The number of nitrogens with zero attached hydrogens (tertiary/aromatic N) is 1. The summed E-state index contributed by atoms with van der Waals surface area (Å²) in [5, 5.41) is 0.502. The molecule has 0 aliphatic heterocycles. The van der Waals surface area contributed by atoms with Crippen LogP contribution < -0.4 is 0 Å². The molecule has 14 heavy (non-hydrogen) atoms. The van der Waals surface area contributed by atoms with Crippen molar-refractivity contribution in [2.75, 3.05) is 7.11 Å². The Labute approximate surface area is 83.3 Å². The van der Waals surface area contributed by atoms with Gasteiger partial charge in [-0.05, 0) is 23.7 Å². The predicted octanol–water partition coefficient (Wildman–Crippen LogP) is 2.22. The molecule has 3 nitrogen and oxygen atoms in total. The van der Waals surface area contributed by atoms with Crippen LogP contribution in [0.4, 0.5) is 4.39 Å². The molecule has 0 unspecified atom stereocenters. The van der Waals surface area contributed by atoms with Crippen molar-refractivity contribution in [3.8, 4) is 0 Å². The summed E-state index contributed by atoms with van der Waals surface area (Å²) in [7, 11) is 1.29. The minimum atomic E-state index is -0.477. The largest absolute Gasteiger partial charge is 0.465 e. The molecule has 0 atom stereocenters. The van der Waals surface area contributed by atoms with E-state index in [2.05, 4.69) is 9.11 Å². The number of aromatic nitrogens is 1. The second kappa shape index (κ2) is 3.34. The van der Waals surface area contributed by atoms with Crippen LogP contribution >= 0.6 is 11.5 Å². The van der Waals surface area contributed by atoms with Crippen molar-refractivity contribution < 1.29 is 13.9 Å². The van der Waals surface area contributed by atoms with Crippen molar-refractivity contribution in [1.82, 2.24) is 4.37 Å². The number of hydrogen-bond donors (Lipinski definition) is 0. The zero-order chi connectivity index (χ0) is 10.1. The van der Waals surface area contributed by atoms with Gasteiger partial charge in [0.25, 0.3) is 0 Å². The molecule has 2 aromatic rings. The Kier molecular flexibility index (Phi) is 2.17. The topological polar surface area (TPSA) is 39.2 Å². The second-order valence-corrected chi connectivity index (χ2v) is 3.46. The van der Waals surface area contributed by atoms with Crippen LogP contribution in [0.25, 0.3) is 10.1 Å². The molecule has 0 bridgehead atoms. The second-order valence-electron chi connectivity index (χ2n) is 2.66. The fourth-order valence-electron chi connectivity index (χ4n) is 1.21. The highest BCUT2D eigenvalue weighted by Crippen LogP contribution is 2.25. The number of fused-ring (bicyclic) bond motifs is 1. The Morgan fingerprint density at radius 2 is 2.36 bits per heavy atom. The van der Waals surface area contributed by atoms with E-state index >= 15 is 0 Å². The van der Waals surface area contributed by atoms with Crippen LogP contribution in [-0.2, 0) is 4.74 Å². The number of ether oxygens (including phenoxy) is 1. The van der Waals surface area contributed by atoms with Gasteiger partial charge < -0.3 is 4.74 Å². The predicted molar refractivity (Wildman–Crippen MR) is 50.9 cm³/mol. The standard InChI is InChI=1S/C9H6FNO2S/c1-13-9(12)5-2-3-7(10)8-6(5)4-11-14-8/h2-4H,1H3. The van der Waals surface area contributed by atoms with Crippen LogP contribution in [0.1, 0.15) is 10.4 Å². The molecule has 1 aromatic heterocycles. The van der Waals surface area contributed by atoms with Crippen molar-refractivity contribution in [2.24, 2.45) is 0 Å². The zero-order valence-corrected chi connectivity index (χ0v) is 8.10. The molecule has 0 radical (unpaired) electrons. The fourth-order valence-corrected chi connectivity index (χ4v) is 1.89. The number of carbonyl (C=O) groups excluding carboxylic acids is 1. The lowest BCUT2D eigenvalue weighted by Gasteiger charge is -2.00. The number of methoxy groups -OCH3 is 1. The van der Waals surface area contributed by atoms with Crippen LogP contribution in [0, 0.1) is 5.82 Å². The number of benzene rings is 1. The highest BCUT2D eigenvalue weighted by atomic mass is 32.1. The van der Waals surface area contributed by atoms with Gasteiger partial charge in [-0.1, -0.05) is 0 Å². The van der Waals surface area contributed by atoms with Gasteiger partial charge >= 0.3 is 5.97 Å². The van der Waals surface area contributed by atoms with Gasteiger partial charge in [0, 0.05) is 11.6 Å². The first kappa shape index (κ1) is 9.08. The minimum Gasteiger partial charge on any atom is -0.465 e. The lowest BCUT2D eigenvalue weighted by atomic mass is 10.1. The zero-order valence-electron chi connectivity index (χ0n) is 7.28. The molecule has 1 aromatic carbocycles. The van der Waals surface area contributed by atoms with Gasteiger partial charge in [-0.2, -0.15) is 4.37 Å². The maximum absolute atomic E-state index is 13.2. The van der Waals surface area contributed by atoms with Crippen LogP contribution in [-0.4, -0.2) is 17.5 Å². The molecular formula is C9H6FNO2S. The molecule has 2 rings (SSSR count). The van der Waals surface area contributed by atoms with E-state index in [0.29, 0.717) is 15.6 Å². The van der Waals surface area contributed by atoms with E-state index in [1.807, 2.05) is 0 Å². The maximum Gasteiger partial charge on any atom is 0.338 e. The Morgan fingerprint density at radius 3 is 3.07 bits per heavy atom. The van der Waals surface area contributed by atoms with Crippen molar-refractivity contribution >= 4 is 27.6 Å². The van der Waals surface area contributed by atoms with Gasteiger partial charge in [0.2, 0.25) is 0 Å². The van der Waals surface area contributed by atoms with Crippen molar-refractivity contribution in [2.45, 2.75) is 0 Å². The SMILES string of the molecule is COC(=O)c1ccc(F)c2sncc12. The fraction of sp³-hybridized carbons (Fsp3) is 0.111. The third-order valence-corrected chi connectivity index (χ3v) is 2.69. The van der Waals surface area contributed by atoms with E-state index in [1.54, 1.807) is 0 Å². The first-order valence-electron chi connectivity index (χ1n) is 3.85. The Balaban J connectivity index is 2.72. The van der Waals surface area contributed by atoms with E-state index in [4.69, 9.17) is 0 Å². The first-order chi connectivity index (χ1) is 6.74. The van der Waals surface area contributed by atoms with Gasteiger partial charge in [0.1, 0.15) is 5.82 Å². The van der Waals surface area contributed by atoms with Crippen molar-refractivity contribution in [3.05, 3.63) is 29.7 Å². The summed E-state index contributed by atoms with van der Waals surface area (Å²) in [6.45, 7) is 0. The van der Waals surface area contributed by atoms with Crippen molar-refractivity contribution in [1.29, 1.82) is 0 Å². The van der Waals surface area contributed by atoms with Crippen LogP contribution in [0.2, 0.25) is 0 Å². The smallest absolute Gasteiger partial charge is 0.338 e. The lowest BCUT2D eigenvalue weighted by Crippen LogP contribution is -2.01. The molecule has 0 saturated carbocycles. The summed E-state index contributed by atoms with van der Waals surface area (Å²) in [5.74, 6) is -0.842. The van der Waals surface area contributed by atoms with E-state index in [9.17, 15) is 9.18 Å². The third-order valence-electron chi connectivity index (χ3n) is 1.88. The average Bonchev–Trinajstić information content (AvgIpc) is 2.67. The molecule has 0 spiro atoms. The minimum absolute atomic E-state index is 0.345. The number of carbonyl (C=O) groups is 1. The molecule has 0 fully saturated rings. The normalized spacial score (nSPS) is 10.4. The Hall–Kier alpha value is -1.49. The number of hydrogen-bond acceptors (Lipinski definition) is 4. The van der Waals surface area contributed by atoms with Gasteiger partial charge in [-0.25, -0.2) is 9.18 Å². The highest BCUT2D eigenvalue weighted by Gasteiger charge is 2.14. The van der Waals surface area contributed by atoms with E-state index in [-0.39, 0.29) is 5.82 Å². The summed E-state index contributed by atoms with van der Waals surface area (Å²) in [4.78, 5) is 11.3. The molecular weight excluding hydrogens is 205 g/mol. The summed E-state index contributed by atoms with van der Waals surface area (Å²) < 4.78 is 22.0. The monoisotopic (exact) mass is 211 g/mol.